The number of benzene rings is 1. The molecule has 2 aliphatic heterocycles. The lowest BCUT2D eigenvalue weighted by Gasteiger charge is -2.17. The maximum absolute atomic E-state index is 12.5. The van der Waals surface area contributed by atoms with E-state index in [-0.39, 0.29) is 11.8 Å². The van der Waals surface area contributed by atoms with Gasteiger partial charge >= 0.3 is 0 Å². The first-order valence-electron chi connectivity index (χ1n) is 6.88. The lowest BCUT2D eigenvalue weighted by Crippen LogP contribution is -2.29. The summed E-state index contributed by atoms with van der Waals surface area (Å²) in [5.74, 6) is 0.455. The molecule has 3 rings (SSSR count). The van der Waals surface area contributed by atoms with Crippen molar-refractivity contribution in [3.05, 3.63) is 29.3 Å². The lowest BCUT2D eigenvalue weighted by atomic mass is 10.1. The highest BCUT2D eigenvalue weighted by atomic mass is 16.5. The predicted octanol–water partition coefficient (Wildman–Crippen LogP) is 1.29. The molecule has 1 aromatic carbocycles. The number of nitrogens with zero attached hydrogens (tertiary/aromatic N) is 1. The van der Waals surface area contributed by atoms with E-state index >= 15 is 0 Å². The fraction of sp³-hybridized carbons (Fsp3) is 0.467. The average Bonchev–Trinajstić information content (AvgIpc) is 3.02. The quantitative estimate of drug-likeness (QED) is 0.903. The summed E-state index contributed by atoms with van der Waals surface area (Å²) in [5, 5.41) is 2.78. The highest BCUT2D eigenvalue weighted by Crippen LogP contribution is 2.26. The van der Waals surface area contributed by atoms with Crippen molar-refractivity contribution in [2.75, 3.05) is 32.1 Å². The minimum absolute atomic E-state index is 0.00840. The molecule has 0 spiro atoms. The normalized spacial score (nSPS) is 20.9. The number of nitrogens with one attached hydrogen (secondary N) is 1. The third-order valence-electron chi connectivity index (χ3n) is 3.96. The SMILES string of the molecule is COCC1CCN(C(=O)c2ccc3c(c2)NC(=O)C3)C1. The number of hydrogen-bond acceptors (Lipinski definition) is 3. The second-order valence-corrected chi connectivity index (χ2v) is 5.46. The molecule has 1 N–H and O–H groups in total. The van der Waals surface area contributed by atoms with Crippen molar-refractivity contribution in [3.63, 3.8) is 0 Å². The smallest absolute Gasteiger partial charge is 0.253 e. The molecule has 5 nitrogen and oxygen atoms in total. The lowest BCUT2D eigenvalue weighted by molar-refractivity contribution is -0.115. The highest BCUT2D eigenvalue weighted by molar-refractivity contribution is 6.02. The zero-order valence-electron chi connectivity index (χ0n) is 11.5. The number of rotatable bonds is 3. The molecule has 2 heterocycles. The van der Waals surface area contributed by atoms with Crippen LogP contribution in [-0.4, -0.2) is 43.5 Å². The summed E-state index contributed by atoms with van der Waals surface area (Å²) in [5.41, 5.74) is 2.38. The van der Waals surface area contributed by atoms with Gasteiger partial charge in [-0.15, -0.1) is 0 Å². The number of amides is 2. The Kier molecular flexibility index (Phi) is 3.44. The number of ether oxygens (including phenoxy) is 1. The first kappa shape index (κ1) is 13.1. The van der Waals surface area contributed by atoms with E-state index in [0.717, 1.165) is 30.8 Å². The summed E-state index contributed by atoms with van der Waals surface area (Å²) in [6.07, 6.45) is 1.39. The van der Waals surface area contributed by atoms with Gasteiger partial charge in [0.15, 0.2) is 0 Å². The number of carbonyl (C=O) groups is 2. The summed E-state index contributed by atoms with van der Waals surface area (Å²) >= 11 is 0. The number of carbonyl (C=O) groups excluding carboxylic acids is 2. The Balaban J connectivity index is 1.72. The molecule has 1 fully saturated rings. The minimum atomic E-state index is -0.00840. The van der Waals surface area contributed by atoms with E-state index in [1.807, 2.05) is 17.0 Å². The first-order chi connectivity index (χ1) is 9.67. The molecule has 1 atom stereocenters. The monoisotopic (exact) mass is 274 g/mol. The van der Waals surface area contributed by atoms with E-state index in [9.17, 15) is 9.59 Å². The van der Waals surface area contributed by atoms with Crippen LogP contribution in [-0.2, 0) is 16.0 Å². The van der Waals surface area contributed by atoms with Crippen LogP contribution in [0.5, 0.6) is 0 Å². The molecule has 1 unspecified atom stereocenters. The summed E-state index contributed by atoms with van der Waals surface area (Å²) < 4.78 is 5.15. The first-order valence-corrected chi connectivity index (χ1v) is 6.88. The molecule has 2 aliphatic rings. The van der Waals surface area contributed by atoms with Gasteiger partial charge in [0, 0.05) is 37.4 Å². The van der Waals surface area contributed by atoms with E-state index < -0.39 is 0 Å². The van der Waals surface area contributed by atoms with Gasteiger partial charge in [0.25, 0.3) is 5.91 Å². The Morgan fingerprint density at radius 2 is 2.35 bits per heavy atom. The summed E-state index contributed by atoms with van der Waals surface area (Å²) in [6.45, 7) is 2.22. The Morgan fingerprint density at radius 1 is 1.50 bits per heavy atom. The zero-order valence-corrected chi connectivity index (χ0v) is 11.5. The standard InChI is InChI=1S/C15H18N2O3/c1-20-9-10-4-5-17(8-10)15(19)12-3-2-11-7-14(18)16-13(11)6-12/h2-3,6,10H,4-5,7-9H2,1H3,(H,16,18). The molecule has 0 aromatic heterocycles. The van der Waals surface area contributed by atoms with Crippen molar-refractivity contribution in [2.24, 2.45) is 5.92 Å². The van der Waals surface area contributed by atoms with Crippen LogP contribution in [0.15, 0.2) is 18.2 Å². The van der Waals surface area contributed by atoms with Gasteiger partial charge in [0.1, 0.15) is 0 Å². The van der Waals surface area contributed by atoms with Gasteiger partial charge in [0.05, 0.1) is 13.0 Å². The van der Waals surface area contributed by atoms with Gasteiger partial charge in [-0.05, 0) is 24.1 Å². The molecular formula is C15H18N2O3. The van der Waals surface area contributed by atoms with E-state index in [2.05, 4.69) is 5.32 Å². The second kappa shape index (κ2) is 5.25. The second-order valence-electron chi connectivity index (χ2n) is 5.46. The van der Waals surface area contributed by atoms with Crippen molar-refractivity contribution in [3.8, 4) is 0 Å². The summed E-state index contributed by atoms with van der Waals surface area (Å²) in [7, 11) is 1.69. The van der Waals surface area contributed by atoms with Gasteiger partial charge in [-0.3, -0.25) is 9.59 Å². The van der Waals surface area contributed by atoms with E-state index in [1.54, 1.807) is 13.2 Å². The molecule has 0 saturated carbocycles. The molecule has 1 aromatic rings. The molecule has 0 bridgehead atoms. The molecule has 1 saturated heterocycles. The van der Waals surface area contributed by atoms with Gasteiger partial charge in [-0.1, -0.05) is 6.07 Å². The maximum atomic E-state index is 12.5. The largest absolute Gasteiger partial charge is 0.384 e. The topological polar surface area (TPSA) is 58.6 Å². The van der Waals surface area contributed by atoms with Gasteiger partial charge in [-0.2, -0.15) is 0 Å². The van der Waals surface area contributed by atoms with Crippen molar-refractivity contribution in [1.29, 1.82) is 0 Å². The van der Waals surface area contributed by atoms with E-state index in [4.69, 9.17) is 4.74 Å². The van der Waals surface area contributed by atoms with E-state index in [1.165, 1.54) is 0 Å². The Bertz CT molecular complexity index is 556. The van der Waals surface area contributed by atoms with Crippen LogP contribution in [0.2, 0.25) is 0 Å². The van der Waals surface area contributed by atoms with Gasteiger partial charge in [0.2, 0.25) is 5.91 Å². The van der Waals surface area contributed by atoms with Gasteiger partial charge in [-0.25, -0.2) is 0 Å². The van der Waals surface area contributed by atoms with Crippen LogP contribution in [0.25, 0.3) is 0 Å². The average molecular weight is 274 g/mol. The van der Waals surface area contributed by atoms with Crippen molar-refractivity contribution in [2.45, 2.75) is 12.8 Å². The molecule has 0 radical (unpaired) electrons. The van der Waals surface area contributed by atoms with Crippen molar-refractivity contribution >= 4 is 17.5 Å². The fourth-order valence-electron chi connectivity index (χ4n) is 2.92. The molecular weight excluding hydrogens is 256 g/mol. The van der Waals surface area contributed by atoms with Crippen LogP contribution >= 0.6 is 0 Å². The number of fused-ring (bicyclic) bond motifs is 1. The number of anilines is 1. The van der Waals surface area contributed by atoms with Crippen LogP contribution in [0, 0.1) is 5.92 Å². The number of hydrogen-bond donors (Lipinski definition) is 1. The summed E-state index contributed by atoms with van der Waals surface area (Å²) in [4.78, 5) is 25.6. The maximum Gasteiger partial charge on any atom is 0.253 e. The minimum Gasteiger partial charge on any atom is -0.384 e. The molecule has 20 heavy (non-hydrogen) atoms. The Hall–Kier alpha value is -1.88. The Labute approximate surface area is 117 Å². The molecule has 2 amide bonds. The third kappa shape index (κ3) is 2.41. The Morgan fingerprint density at radius 3 is 3.15 bits per heavy atom. The zero-order chi connectivity index (χ0) is 14.1. The number of likely N-dealkylation sites (tertiary alicyclic amines) is 1. The number of methoxy groups -OCH3 is 1. The summed E-state index contributed by atoms with van der Waals surface area (Å²) in [6, 6.07) is 5.46. The van der Waals surface area contributed by atoms with Crippen molar-refractivity contribution < 1.29 is 14.3 Å². The van der Waals surface area contributed by atoms with Crippen LogP contribution in [0.1, 0.15) is 22.3 Å². The van der Waals surface area contributed by atoms with Crippen LogP contribution < -0.4 is 5.32 Å². The fourth-order valence-corrected chi connectivity index (χ4v) is 2.92. The van der Waals surface area contributed by atoms with Crippen LogP contribution in [0.4, 0.5) is 5.69 Å². The highest BCUT2D eigenvalue weighted by Gasteiger charge is 2.28. The van der Waals surface area contributed by atoms with Crippen molar-refractivity contribution in [1.82, 2.24) is 4.90 Å². The van der Waals surface area contributed by atoms with Crippen LogP contribution in [0.3, 0.4) is 0 Å². The third-order valence-corrected chi connectivity index (χ3v) is 3.96. The molecule has 0 aliphatic carbocycles. The van der Waals surface area contributed by atoms with Gasteiger partial charge < -0.3 is 15.0 Å². The molecule has 5 heteroatoms. The van der Waals surface area contributed by atoms with E-state index in [0.29, 0.717) is 24.5 Å². The predicted molar refractivity (Wildman–Crippen MR) is 74.7 cm³/mol. The molecule has 106 valence electrons.